The molecule has 10 nitrogen and oxygen atoms in total. The van der Waals surface area contributed by atoms with Crippen molar-refractivity contribution >= 4 is 35.3 Å². The van der Waals surface area contributed by atoms with E-state index in [0.717, 1.165) is 35.5 Å². The molecule has 0 saturated carbocycles. The average Bonchev–Trinajstić information content (AvgIpc) is 3.40. The highest BCUT2D eigenvalue weighted by Gasteiger charge is 2.39. The third-order valence-corrected chi connectivity index (χ3v) is 7.06. The number of aromatic nitrogens is 1. The van der Waals surface area contributed by atoms with Gasteiger partial charge < -0.3 is 14.9 Å². The fourth-order valence-electron chi connectivity index (χ4n) is 5.15. The molecule has 2 atom stereocenters. The molecule has 1 unspecified atom stereocenters. The fraction of sp³-hybridized carbons (Fsp3) is 0.400. The van der Waals surface area contributed by atoms with Crippen molar-refractivity contribution in [2.45, 2.75) is 57.8 Å². The van der Waals surface area contributed by atoms with E-state index in [4.69, 9.17) is 0 Å². The number of hydrogen-bond donors (Lipinski definition) is 2. The number of benzene rings is 1. The van der Waals surface area contributed by atoms with Gasteiger partial charge >= 0.3 is 6.09 Å². The maximum atomic E-state index is 13.1. The molecule has 0 radical (unpaired) electrons. The van der Waals surface area contributed by atoms with E-state index in [1.54, 1.807) is 30.5 Å². The van der Waals surface area contributed by atoms with Crippen LogP contribution in [0.5, 0.6) is 0 Å². The van der Waals surface area contributed by atoms with E-state index in [0.29, 0.717) is 29.4 Å². The Morgan fingerprint density at radius 3 is 2.66 bits per heavy atom. The molecule has 3 aliphatic heterocycles. The van der Waals surface area contributed by atoms with Gasteiger partial charge in [0.1, 0.15) is 11.9 Å². The van der Waals surface area contributed by atoms with E-state index in [-0.39, 0.29) is 31.3 Å². The minimum atomic E-state index is -1.14. The Morgan fingerprint density at radius 1 is 1.17 bits per heavy atom. The average molecular weight is 478 g/mol. The van der Waals surface area contributed by atoms with Crippen LogP contribution in [0.1, 0.15) is 54.1 Å². The highest BCUT2D eigenvalue weighted by Crippen LogP contribution is 2.30. The van der Waals surface area contributed by atoms with Gasteiger partial charge in [0.2, 0.25) is 11.8 Å². The number of carbonyl (C=O) groups is 4. The molecular formula is C25H27N5O5. The number of rotatable bonds is 5. The molecular weight excluding hydrogens is 450 g/mol. The Hall–Kier alpha value is -3.95. The summed E-state index contributed by atoms with van der Waals surface area (Å²) in [6.07, 6.45) is 3.30. The number of fused-ring (bicyclic) bond motifs is 1. The Morgan fingerprint density at radius 2 is 2.00 bits per heavy atom. The van der Waals surface area contributed by atoms with Crippen LogP contribution in [0.4, 0.5) is 16.3 Å². The number of pyridine rings is 1. The lowest BCUT2D eigenvalue weighted by Gasteiger charge is -2.29. The van der Waals surface area contributed by atoms with Gasteiger partial charge in [0.25, 0.3) is 5.91 Å². The highest BCUT2D eigenvalue weighted by molar-refractivity contribution is 6.05. The molecule has 10 heteroatoms. The van der Waals surface area contributed by atoms with Gasteiger partial charge in [-0.05, 0) is 55.5 Å². The topological polar surface area (TPSA) is 123 Å². The van der Waals surface area contributed by atoms with Crippen LogP contribution >= 0.6 is 0 Å². The van der Waals surface area contributed by atoms with Gasteiger partial charge in [-0.3, -0.25) is 24.6 Å². The van der Waals surface area contributed by atoms with Crippen LogP contribution in [0, 0.1) is 0 Å². The lowest BCUT2D eigenvalue weighted by Crippen LogP contribution is -2.52. The zero-order valence-corrected chi connectivity index (χ0v) is 19.4. The molecule has 1 aromatic carbocycles. The van der Waals surface area contributed by atoms with Gasteiger partial charge in [0.05, 0.1) is 18.4 Å². The molecule has 1 aromatic heterocycles. The molecule has 4 amide bonds. The predicted octanol–water partition coefficient (Wildman–Crippen LogP) is 2.52. The first-order valence-electron chi connectivity index (χ1n) is 11.8. The Balaban J connectivity index is 1.33. The summed E-state index contributed by atoms with van der Waals surface area (Å²) in [7, 11) is 0. The largest absolute Gasteiger partial charge is 0.465 e. The lowest BCUT2D eigenvalue weighted by molar-refractivity contribution is -0.136. The van der Waals surface area contributed by atoms with Gasteiger partial charge in [0.15, 0.2) is 0 Å². The van der Waals surface area contributed by atoms with Gasteiger partial charge in [0, 0.05) is 31.1 Å². The summed E-state index contributed by atoms with van der Waals surface area (Å²) in [5.41, 5.74) is 2.83. The number of nitrogens with one attached hydrogen (secondary N) is 1. The normalized spacial score (nSPS) is 21.8. The Kier molecular flexibility index (Phi) is 5.88. The van der Waals surface area contributed by atoms with Crippen molar-refractivity contribution < 1.29 is 24.3 Å². The van der Waals surface area contributed by atoms with Crippen LogP contribution in [-0.2, 0) is 22.7 Å². The highest BCUT2D eigenvalue weighted by atomic mass is 16.4. The van der Waals surface area contributed by atoms with Crippen LogP contribution < -0.4 is 15.1 Å². The van der Waals surface area contributed by atoms with E-state index in [2.05, 4.69) is 22.1 Å². The van der Waals surface area contributed by atoms with Crippen molar-refractivity contribution in [2.75, 3.05) is 16.3 Å². The van der Waals surface area contributed by atoms with Crippen molar-refractivity contribution in [1.82, 2.24) is 15.2 Å². The molecule has 2 N–H and O–H groups in total. The minimum absolute atomic E-state index is 0.0285. The Bertz CT molecular complexity index is 1200. The summed E-state index contributed by atoms with van der Waals surface area (Å²) < 4.78 is 0. The number of hydrogen-bond acceptors (Lipinski definition) is 6. The number of carboxylic acid groups (broad SMARTS) is 1. The van der Waals surface area contributed by atoms with Crippen molar-refractivity contribution in [1.29, 1.82) is 0 Å². The van der Waals surface area contributed by atoms with Crippen LogP contribution in [0.15, 0.2) is 36.5 Å². The number of nitrogens with zero attached hydrogens (tertiary/aromatic N) is 4. The summed E-state index contributed by atoms with van der Waals surface area (Å²) >= 11 is 0. The maximum absolute atomic E-state index is 13.1. The third kappa shape index (κ3) is 4.31. The third-order valence-electron chi connectivity index (χ3n) is 7.06. The molecule has 2 saturated heterocycles. The van der Waals surface area contributed by atoms with Crippen molar-refractivity contribution in [3.8, 4) is 0 Å². The van der Waals surface area contributed by atoms with Crippen molar-refractivity contribution in [3.63, 3.8) is 0 Å². The van der Waals surface area contributed by atoms with Crippen LogP contribution in [-0.4, -0.2) is 57.4 Å². The fourth-order valence-corrected chi connectivity index (χ4v) is 5.15. The summed E-state index contributed by atoms with van der Waals surface area (Å²) in [4.78, 5) is 58.1. The van der Waals surface area contributed by atoms with Gasteiger partial charge in [-0.2, -0.15) is 0 Å². The second-order valence-corrected chi connectivity index (χ2v) is 9.32. The number of amides is 4. The van der Waals surface area contributed by atoms with Gasteiger partial charge in [-0.15, -0.1) is 0 Å². The Labute approximate surface area is 202 Å². The van der Waals surface area contributed by atoms with E-state index in [9.17, 15) is 24.3 Å². The minimum Gasteiger partial charge on any atom is -0.465 e. The quantitative estimate of drug-likeness (QED) is 0.635. The number of carbonyl (C=O) groups excluding carboxylic acids is 3. The van der Waals surface area contributed by atoms with Gasteiger partial charge in [-0.1, -0.05) is 12.1 Å². The lowest BCUT2D eigenvalue weighted by atomic mass is 10.0. The van der Waals surface area contributed by atoms with Crippen LogP contribution in [0.25, 0.3) is 0 Å². The van der Waals surface area contributed by atoms with E-state index in [1.807, 2.05) is 6.07 Å². The van der Waals surface area contributed by atoms with Gasteiger partial charge in [-0.25, -0.2) is 9.78 Å². The second kappa shape index (κ2) is 9.01. The van der Waals surface area contributed by atoms with Crippen LogP contribution in [0.3, 0.4) is 0 Å². The molecule has 0 aliphatic carbocycles. The SMILES string of the molecule is C[C@@H]1CCCN1c1ccc(N(Cc2ccc3c(c2)C(=O)N(C2CCC(=O)NC2=O)C3)C(=O)O)nc1. The monoisotopic (exact) mass is 477 g/mol. The summed E-state index contributed by atoms with van der Waals surface area (Å²) in [5.74, 6) is -0.772. The number of anilines is 2. The first-order chi connectivity index (χ1) is 16.8. The molecule has 3 aliphatic rings. The first-order valence-corrected chi connectivity index (χ1v) is 11.8. The standard InChI is InChI=1S/C25H27N5O5/c1-15-3-2-10-28(15)18-6-8-21(26-12-18)30(25(34)35)13-16-4-5-17-14-29(24(33)19(17)11-16)20-7-9-22(31)27-23(20)32/h4-6,8,11-12,15,20H,2-3,7,9-10,13-14H2,1H3,(H,34,35)(H,27,31,32)/t15-,20?/m1/s1. The first kappa shape index (κ1) is 22.8. The molecule has 0 bridgehead atoms. The molecule has 2 aromatic rings. The molecule has 35 heavy (non-hydrogen) atoms. The van der Waals surface area contributed by atoms with Crippen molar-refractivity contribution in [2.24, 2.45) is 0 Å². The molecule has 182 valence electrons. The van der Waals surface area contributed by atoms with E-state index < -0.39 is 18.0 Å². The smallest absolute Gasteiger partial charge is 0.413 e. The van der Waals surface area contributed by atoms with Crippen LogP contribution in [0.2, 0.25) is 0 Å². The molecule has 2 fully saturated rings. The number of imide groups is 1. The summed E-state index contributed by atoms with van der Waals surface area (Å²) in [6, 6.07) is 8.60. The molecule has 4 heterocycles. The molecule has 5 rings (SSSR count). The predicted molar refractivity (Wildman–Crippen MR) is 127 cm³/mol. The second-order valence-electron chi connectivity index (χ2n) is 9.32. The van der Waals surface area contributed by atoms with Crippen molar-refractivity contribution in [3.05, 3.63) is 53.2 Å². The van der Waals surface area contributed by atoms with E-state index in [1.165, 1.54) is 4.90 Å². The zero-order valence-electron chi connectivity index (χ0n) is 19.4. The van der Waals surface area contributed by atoms with E-state index >= 15 is 0 Å². The summed E-state index contributed by atoms with van der Waals surface area (Å²) in [5, 5.41) is 12.1. The zero-order chi connectivity index (χ0) is 24.7. The number of piperidine rings is 1. The maximum Gasteiger partial charge on any atom is 0.413 e. The summed E-state index contributed by atoms with van der Waals surface area (Å²) in [6.45, 7) is 3.44. The molecule has 0 spiro atoms.